The van der Waals surface area contributed by atoms with E-state index >= 15 is 0 Å². The van der Waals surface area contributed by atoms with Crippen LogP contribution in [-0.4, -0.2) is 31.0 Å². The van der Waals surface area contributed by atoms with Crippen LogP contribution in [-0.2, 0) is 9.53 Å². The van der Waals surface area contributed by atoms with Crippen LogP contribution >= 0.6 is 0 Å². The van der Waals surface area contributed by atoms with Gasteiger partial charge < -0.3 is 14.8 Å². The van der Waals surface area contributed by atoms with Crippen molar-refractivity contribution in [3.63, 3.8) is 0 Å². The van der Waals surface area contributed by atoms with E-state index in [0.29, 0.717) is 6.07 Å². The summed E-state index contributed by atoms with van der Waals surface area (Å²) in [7, 11) is 0.929. The quantitative estimate of drug-likeness (QED) is 0.211. The molecule has 0 aliphatic rings. The number of halogens is 3. The first-order valence-electron chi connectivity index (χ1n) is 7.44. The lowest BCUT2D eigenvalue weighted by atomic mass is 10.0. The molecule has 0 saturated carbocycles. The molecule has 1 aromatic rings. The summed E-state index contributed by atoms with van der Waals surface area (Å²) < 4.78 is 50.7. The van der Waals surface area contributed by atoms with Crippen LogP contribution in [0.5, 0.6) is 5.75 Å². The van der Waals surface area contributed by atoms with Gasteiger partial charge in [-0.2, -0.15) is 4.39 Å². The second-order valence-electron chi connectivity index (χ2n) is 6.07. The molecule has 1 aromatic carbocycles. The van der Waals surface area contributed by atoms with Crippen molar-refractivity contribution in [2.24, 2.45) is 0 Å². The van der Waals surface area contributed by atoms with Crippen LogP contribution in [0.1, 0.15) is 38.1 Å². The molecule has 0 saturated heterocycles. The highest BCUT2D eigenvalue weighted by molar-refractivity contribution is 6.24. The summed E-state index contributed by atoms with van der Waals surface area (Å²) in [6.07, 6.45) is 1.06. The molecule has 1 rings (SSSR count). The average Bonchev–Trinajstić information content (AvgIpc) is 2.50. The maximum absolute atomic E-state index is 14.3. The maximum atomic E-state index is 14.3. The molecule has 138 valence electrons. The fraction of sp³-hybridized carbons (Fsp3) is 0.412. The van der Waals surface area contributed by atoms with E-state index in [0.717, 1.165) is 13.3 Å². The second kappa shape index (κ2) is 8.04. The Kier molecular flexibility index (Phi) is 6.61. The van der Waals surface area contributed by atoms with Gasteiger partial charge in [-0.15, -0.1) is 0 Å². The molecule has 0 fully saturated rings. The molecule has 25 heavy (non-hydrogen) atoms. The van der Waals surface area contributed by atoms with Crippen LogP contribution < -0.4 is 10.1 Å². The van der Waals surface area contributed by atoms with Gasteiger partial charge in [-0.3, -0.25) is 4.79 Å². The average molecular weight is 359 g/mol. The fourth-order valence-corrected chi connectivity index (χ4v) is 1.78. The van der Waals surface area contributed by atoms with Gasteiger partial charge in [0, 0.05) is 11.7 Å². The molecule has 0 spiro atoms. The van der Waals surface area contributed by atoms with E-state index in [2.05, 4.69) is 10.1 Å². The number of esters is 1. The molecule has 0 bridgehead atoms. The summed E-state index contributed by atoms with van der Waals surface area (Å²) >= 11 is 0. The van der Waals surface area contributed by atoms with Gasteiger partial charge in [-0.1, -0.05) is 0 Å². The predicted molar refractivity (Wildman–Crippen MR) is 84.8 cm³/mol. The van der Waals surface area contributed by atoms with Crippen LogP contribution in [0.3, 0.4) is 0 Å². The molecule has 5 nitrogen and oxygen atoms in total. The Morgan fingerprint density at radius 2 is 1.80 bits per heavy atom. The Morgan fingerprint density at radius 1 is 1.20 bits per heavy atom. The van der Waals surface area contributed by atoms with E-state index in [1.54, 1.807) is 20.8 Å². The molecule has 0 unspecified atom stereocenters. The topological polar surface area (TPSA) is 64.6 Å². The van der Waals surface area contributed by atoms with Crippen molar-refractivity contribution in [3.8, 4) is 5.75 Å². The number of rotatable bonds is 6. The highest BCUT2D eigenvalue weighted by Crippen LogP contribution is 2.28. The van der Waals surface area contributed by atoms with Gasteiger partial charge in [0.2, 0.25) is 11.6 Å². The molecule has 0 aliphatic carbocycles. The van der Waals surface area contributed by atoms with Gasteiger partial charge in [0.15, 0.2) is 17.4 Å². The van der Waals surface area contributed by atoms with Crippen molar-refractivity contribution in [1.82, 2.24) is 5.32 Å². The zero-order valence-corrected chi connectivity index (χ0v) is 14.6. The third-order valence-electron chi connectivity index (χ3n) is 2.95. The standard InChI is InChI=1S/C17H20F3NO4/c1-6-25-16(23)10(8-21-17(2,3)4)14(22)9-7-11(18)13(20)15(24-5)12(9)19/h7-8,21H,6H2,1-5H3/b10-8+. The maximum Gasteiger partial charge on any atom is 0.343 e. The van der Waals surface area contributed by atoms with Crippen LogP contribution in [0.15, 0.2) is 17.8 Å². The zero-order valence-electron chi connectivity index (χ0n) is 14.6. The Morgan fingerprint density at radius 3 is 2.28 bits per heavy atom. The molecule has 0 aromatic heterocycles. The summed E-state index contributed by atoms with van der Waals surface area (Å²) in [6.45, 7) is 6.79. The molecule has 0 radical (unpaired) electrons. The number of benzene rings is 1. The van der Waals surface area contributed by atoms with E-state index < -0.39 is 51.6 Å². The Balaban J connectivity index is 3.44. The highest BCUT2D eigenvalue weighted by Gasteiger charge is 2.29. The number of nitrogens with one attached hydrogen (secondary N) is 1. The third-order valence-corrected chi connectivity index (χ3v) is 2.95. The van der Waals surface area contributed by atoms with E-state index in [4.69, 9.17) is 4.74 Å². The smallest absolute Gasteiger partial charge is 0.343 e. The molecule has 0 heterocycles. The van der Waals surface area contributed by atoms with Gasteiger partial charge >= 0.3 is 5.97 Å². The van der Waals surface area contributed by atoms with Gasteiger partial charge in [-0.25, -0.2) is 13.6 Å². The summed E-state index contributed by atoms with van der Waals surface area (Å²) in [4.78, 5) is 24.6. The van der Waals surface area contributed by atoms with Crippen molar-refractivity contribution >= 4 is 11.8 Å². The number of ketones is 1. The van der Waals surface area contributed by atoms with E-state index in [-0.39, 0.29) is 6.61 Å². The Bertz CT molecular complexity index is 709. The number of Topliss-reactive ketones (excluding diaryl/α,β-unsaturated/α-hetero) is 1. The number of carbonyl (C=O) groups excluding carboxylic acids is 2. The third kappa shape index (κ3) is 4.98. The largest absolute Gasteiger partial charge is 0.491 e. The molecule has 0 atom stereocenters. The molecule has 1 N–H and O–H groups in total. The molecular weight excluding hydrogens is 339 g/mol. The number of ether oxygens (including phenoxy) is 2. The first-order valence-corrected chi connectivity index (χ1v) is 7.44. The van der Waals surface area contributed by atoms with E-state index in [1.165, 1.54) is 6.92 Å². The Hall–Kier alpha value is -2.51. The minimum Gasteiger partial charge on any atom is -0.491 e. The lowest BCUT2D eigenvalue weighted by Crippen LogP contribution is -2.33. The molecule has 8 heteroatoms. The number of hydrogen-bond donors (Lipinski definition) is 1. The lowest BCUT2D eigenvalue weighted by molar-refractivity contribution is -0.138. The zero-order chi connectivity index (χ0) is 19.4. The van der Waals surface area contributed by atoms with Crippen molar-refractivity contribution < 1.29 is 32.2 Å². The van der Waals surface area contributed by atoms with Crippen LogP contribution in [0.2, 0.25) is 0 Å². The van der Waals surface area contributed by atoms with Crippen molar-refractivity contribution in [2.45, 2.75) is 33.2 Å². The number of hydrogen-bond acceptors (Lipinski definition) is 5. The monoisotopic (exact) mass is 359 g/mol. The minimum absolute atomic E-state index is 0.0252. The van der Waals surface area contributed by atoms with E-state index in [1.807, 2.05) is 0 Å². The lowest BCUT2D eigenvalue weighted by Gasteiger charge is -2.19. The highest BCUT2D eigenvalue weighted by atomic mass is 19.2. The van der Waals surface area contributed by atoms with Crippen LogP contribution in [0.25, 0.3) is 0 Å². The Labute approximate surface area is 143 Å². The van der Waals surface area contributed by atoms with E-state index in [9.17, 15) is 22.8 Å². The van der Waals surface area contributed by atoms with Crippen LogP contribution in [0, 0.1) is 17.5 Å². The van der Waals surface area contributed by atoms with Crippen molar-refractivity contribution in [2.75, 3.05) is 13.7 Å². The minimum atomic E-state index is -1.56. The van der Waals surface area contributed by atoms with Crippen molar-refractivity contribution in [1.29, 1.82) is 0 Å². The number of carbonyl (C=O) groups is 2. The van der Waals surface area contributed by atoms with Gasteiger partial charge in [0.25, 0.3) is 0 Å². The normalized spacial score (nSPS) is 11.9. The molecule has 0 amide bonds. The summed E-state index contributed by atoms with van der Waals surface area (Å²) in [5.74, 6) is -7.68. The second-order valence-corrected chi connectivity index (χ2v) is 6.07. The SMILES string of the molecule is CCOC(=O)/C(=C/NC(C)(C)C)C(=O)c1cc(F)c(F)c(OC)c1F. The number of methoxy groups -OCH3 is 1. The van der Waals surface area contributed by atoms with Gasteiger partial charge in [-0.05, 0) is 33.8 Å². The fourth-order valence-electron chi connectivity index (χ4n) is 1.78. The summed E-state index contributed by atoms with van der Waals surface area (Å²) in [6, 6.07) is 0.375. The summed E-state index contributed by atoms with van der Waals surface area (Å²) in [5, 5.41) is 2.78. The van der Waals surface area contributed by atoms with Crippen molar-refractivity contribution in [3.05, 3.63) is 40.9 Å². The first-order chi connectivity index (χ1) is 11.5. The van der Waals surface area contributed by atoms with Gasteiger partial charge in [0.05, 0.1) is 19.3 Å². The summed E-state index contributed by atoms with van der Waals surface area (Å²) in [5.41, 5.74) is -1.91. The van der Waals surface area contributed by atoms with Crippen LogP contribution in [0.4, 0.5) is 13.2 Å². The predicted octanol–water partition coefficient (Wildman–Crippen LogP) is 3.13. The molecule has 0 aliphatic heterocycles. The first kappa shape index (κ1) is 20.5. The molecular formula is C17H20F3NO4. The van der Waals surface area contributed by atoms with Gasteiger partial charge in [0.1, 0.15) is 5.57 Å².